The van der Waals surface area contributed by atoms with E-state index in [-0.39, 0.29) is 17.7 Å². The van der Waals surface area contributed by atoms with Crippen LogP contribution in [0.15, 0.2) is 28.8 Å². The molecule has 0 radical (unpaired) electrons. The molecule has 27 heavy (non-hydrogen) atoms. The lowest BCUT2D eigenvalue weighted by Crippen LogP contribution is -2.48. The number of aryl methyl sites for hydroxylation is 1. The van der Waals surface area contributed by atoms with Crippen LogP contribution in [-0.4, -0.2) is 70.8 Å². The summed E-state index contributed by atoms with van der Waals surface area (Å²) in [6, 6.07) is 6.63. The third-order valence-electron chi connectivity index (χ3n) is 5.05. The number of piperazine rings is 1. The normalized spacial score (nSPS) is 17.6. The molecular weight excluding hydrogens is 348 g/mol. The van der Waals surface area contributed by atoms with Gasteiger partial charge in [0.2, 0.25) is 0 Å². The molecule has 0 bridgehead atoms. The van der Waals surface area contributed by atoms with Crippen LogP contribution in [-0.2, 0) is 6.54 Å². The maximum atomic E-state index is 12.8. The number of carbonyl (C=O) groups is 3. The quantitative estimate of drug-likeness (QED) is 0.756. The standard InChI is InChI=1S/C19H20N4O4/c1-12-9-14(27-20-12)11-22-5-7-23(8-6-22)17(24)13-3-4-15-16(10-13)19(26)21(2)18(15)25/h3-4,9-10H,5-8,11H2,1-2H3. The number of hydrogen-bond donors (Lipinski definition) is 0. The largest absolute Gasteiger partial charge is 0.360 e. The highest BCUT2D eigenvalue weighted by molar-refractivity contribution is 6.21. The SMILES string of the molecule is Cc1cc(CN2CCN(C(=O)c3ccc4c(c3)C(=O)N(C)C4=O)CC2)on1. The minimum atomic E-state index is -0.364. The van der Waals surface area contributed by atoms with Crippen LogP contribution in [0, 0.1) is 6.92 Å². The zero-order chi connectivity index (χ0) is 19.1. The monoisotopic (exact) mass is 368 g/mol. The summed E-state index contributed by atoms with van der Waals surface area (Å²) >= 11 is 0. The maximum Gasteiger partial charge on any atom is 0.261 e. The summed E-state index contributed by atoms with van der Waals surface area (Å²) in [5, 5.41) is 3.89. The molecule has 0 N–H and O–H groups in total. The molecule has 4 rings (SSSR count). The summed E-state index contributed by atoms with van der Waals surface area (Å²) in [5.41, 5.74) is 1.94. The van der Waals surface area contributed by atoms with Crippen LogP contribution in [0.1, 0.15) is 42.5 Å². The Balaban J connectivity index is 1.41. The number of nitrogens with zero attached hydrogens (tertiary/aromatic N) is 4. The van der Waals surface area contributed by atoms with Crippen molar-refractivity contribution in [2.75, 3.05) is 33.2 Å². The second kappa shape index (κ2) is 6.62. The lowest BCUT2D eigenvalue weighted by molar-refractivity contribution is 0.0616. The Labute approximate surface area is 156 Å². The Kier molecular flexibility index (Phi) is 4.27. The van der Waals surface area contributed by atoms with Gasteiger partial charge in [-0.25, -0.2) is 0 Å². The molecule has 0 unspecified atom stereocenters. The summed E-state index contributed by atoms with van der Waals surface area (Å²) in [4.78, 5) is 42.0. The average Bonchev–Trinajstić information content (AvgIpc) is 3.18. The van der Waals surface area contributed by atoms with E-state index in [1.807, 2.05) is 13.0 Å². The first kappa shape index (κ1) is 17.4. The first-order chi connectivity index (χ1) is 12.9. The van der Waals surface area contributed by atoms with Gasteiger partial charge in [0.25, 0.3) is 17.7 Å². The van der Waals surface area contributed by atoms with Crippen molar-refractivity contribution in [2.45, 2.75) is 13.5 Å². The molecule has 0 spiro atoms. The fourth-order valence-electron chi connectivity index (χ4n) is 3.50. The minimum absolute atomic E-state index is 0.122. The summed E-state index contributed by atoms with van der Waals surface area (Å²) in [6.45, 7) is 5.21. The van der Waals surface area contributed by atoms with Gasteiger partial charge in [0.15, 0.2) is 5.76 Å². The fraction of sp³-hybridized carbons (Fsp3) is 0.368. The molecule has 0 atom stereocenters. The summed E-state index contributed by atoms with van der Waals surface area (Å²) in [5.74, 6) is 0.00282. The second-order valence-electron chi connectivity index (χ2n) is 6.93. The molecule has 3 heterocycles. The van der Waals surface area contributed by atoms with Gasteiger partial charge in [-0.3, -0.25) is 24.2 Å². The molecule has 2 aromatic rings. The molecule has 0 aliphatic carbocycles. The van der Waals surface area contributed by atoms with Crippen molar-refractivity contribution < 1.29 is 18.9 Å². The lowest BCUT2D eigenvalue weighted by atomic mass is 10.0. The van der Waals surface area contributed by atoms with Crippen LogP contribution in [0.25, 0.3) is 0 Å². The van der Waals surface area contributed by atoms with Crippen LogP contribution in [0.4, 0.5) is 0 Å². The second-order valence-corrected chi connectivity index (χ2v) is 6.93. The van der Waals surface area contributed by atoms with E-state index >= 15 is 0 Å². The highest BCUT2D eigenvalue weighted by atomic mass is 16.5. The zero-order valence-electron chi connectivity index (χ0n) is 15.3. The Hall–Kier alpha value is -3.00. The number of fused-ring (bicyclic) bond motifs is 1. The number of benzene rings is 1. The van der Waals surface area contributed by atoms with E-state index in [1.54, 1.807) is 17.0 Å². The van der Waals surface area contributed by atoms with E-state index in [1.165, 1.54) is 13.1 Å². The third-order valence-corrected chi connectivity index (χ3v) is 5.05. The number of carbonyl (C=O) groups excluding carboxylic acids is 3. The van der Waals surface area contributed by atoms with E-state index in [0.29, 0.717) is 36.3 Å². The Bertz CT molecular complexity index is 928. The maximum absolute atomic E-state index is 12.8. The van der Waals surface area contributed by atoms with Crippen LogP contribution in [0.5, 0.6) is 0 Å². The third kappa shape index (κ3) is 3.12. The van der Waals surface area contributed by atoms with Crippen molar-refractivity contribution in [2.24, 2.45) is 0 Å². The molecule has 3 amide bonds. The van der Waals surface area contributed by atoms with Gasteiger partial charge in [-0.05, 0) is 25.1 Å². The lowest BCUT2D eigenvalue weighted by Gasteiger charge is -2.34. The van der Waals surface area contributed by atoms with Gasteiger partial charge in [-0.1, -0.05) is 5.16 Å². The number of hydrogen-bond acceptors (Lipinski definition) is 6. The molecule has 8 heteroatoms. The van der Waals surface area contributed by atoms with Gasteiger partial charge in [0.05, 0.1) is 23.4 Å². The number of imide groups is 1. The minimum Gasteiger partial charge on any atom is -0.360 e. The summed E-state index contributed by atoms with van der Waals surface area (Å²) in [6.07, 6.45) is 0. The van der Waals surface area contributed by atoms with Crippen LogP contribution in [0.2, 0.25) is 0 Å². The van der Waals surface area contributed by atoms with Crippen molar-refractivity contribution in [3.63, 3.8) is 0 Å². The molecule has 0 saturated carbocycles. The van der Waals surface area contributed by atoms with Crippen molar-refractivity contribution in [1.29, 1.82) is 0 Å². The average molecular weight is 368 g/mol. The first-order valence-corrected chi connectivity index (χ1v) is 8.84. The van der Waals surface area contributed by atoms with E-state index in [0.717, 1.165) is 29.4 Å². The van der Waals surface area contributed by atoms with Crippen LogP contribution >= 0.6 is 0 Å². The smallest absolute Gasteiger partial charge is 0.261 e. The first-order valence-electron chi connectivity index (χ1n) is 8.84. The van der Waals surface area contributed by atoms with Crippen LogP contribution in [0.3, 0.4) is 0 Å². The summed E-state index contributed by atoms with van der Waals surface area (Å²) < 4.78 is 5.25. The van der Waals surface area contributed by atoms with Crippen molar-refractivity contribution >= 4 is 17.7 Å². The Morgan fingerprint density at radius 2 is 1.78 bits per heavy atom. The number of aromatic nitrogens is 1. The predicted molar refractivity (Wildman–Crippen MR) is 95.3 cm³/mol. The molecule has 140 valence electrons. The van der Waals surface area contributed by atoms with E-state index in [2.05, 4.69) is 10.1 Å². The van der Waals surface area contributed by atoms with Gasteiger partial charge in [-0.2, -0.15) is 0 Å². The molecule has 1 fully saturated rings. The highest BCUT2D eigenvalue weighted by Crippen LogP contribution is 2.23. The van der Waals surface area contributed by atoms with Crippen molar-refractivity contribution in [3.05, 3.63) is 52.4 Å². The molecule has 1 aromatic carbocycles. The Morgan fingerprint density at radius 1 is 1.07 bits per heavy atom. The molecule has 1 saturated heterocycles. The highest BCUT2D eigenvalue weighted by Gasteiger charge is 2.34. The molecule has 2 aliphatic heterocycles. The van der Waals surface area contributed by atoms with Crippen molar-refractivity contribution in [3.8, 4) is 0 Å². The summed E-state index contributed by atoms with van der Waals surface area (Å²) in [7, 11) is 1.45. The van der Waals surface area contributed by atoms with Gasteiger partial charge in [-0.15, -0.1) is 0 Å². The predicted octanol–water partition coefficient (Wildman–Crippen LogP) is 1.17. The molecular formula is C19H20N4O4. The zero-order valence-corrected chi connectivity index (χ0v) is 15.3. The van der Waals surface area contributed by atoms with Crippen LogP contribution < -0.4 is 0 Å². The van der Waals surface area contributed by atoms with E-state index in [9.17, 15) is 14.4 Å². The van der Waals surface area contributed by atoms with E-state index < -0.39 is 0 Å². The number of rotatable bonds is 3. The van der Waals surface area contributed by atoms with Gasteiger partial charge in [0.1, 0.15) is 0 Å². The molecule has 8 nitrogen and oxygen atoms in total. The fourth-order valence-corrected chi connectivity index (χ4v) is 3.50. The van der Waals surface area contributed by atoms with Gasteiger partial charge >= 0.3 is 0 Å². The van der Waals surface area contributed by atoms with Gasteiger partial charge < -0.3 is 9.42 Å². The molecule has 1 aromatic heterocycles. The van der Waals surface area contributed by atoms with E-state index in [4.69, 9.17) is 4.52 Å². The molecule has 2 aliphatic rings. The topological polar surface area (TPSA) is 87.0 Å². The van der Waals surface area contributed by atoms with Crippen molar-refractivity contribution in [1.82, 2.24) is 19.9 Å². The van der Waals surface area contributed by atoms with Gasteiger partial charge in [0, 0.05) is 44.9 Å². The number of amides is 3. The Morgan fingerprint density at radius 3 is 2.44 bits per heavy atom.